The quantitative estimate of drug-likeness (QED) is 0.924. The van der Waals surface area contributed by atoms with Gasteiger partial charge in [0.25, 0.3) is 0 Å². The minimum atomic E-state index is -0.115. The first-order valence-corrected chi connectivity index (χ1v) is 7.76. The van der Waals surface area contributed by atoms with Gasteiger partial charge in [0.2, 0.25) is 0 Å². The number of aryl methyl sites for hydroxylation is 1. The molecule has 0 radical (unpaired) electrons. The van der Waals surface area contributed by atoms with E-state index in [9.17, 15) is 0 Å². The molecule has 1 aliphatic rings. The molecule has 0 saturated carbocycles. The molecule has 2 heterocycles. The summed E-state index contributed by atoms with van der Waals surface area (Å²) in [4.78, 5) is 2.44. The second kappa shape index (κ2) is 5.71. The lowest BCUT2D eigenvalue weighted by molar-refractivity contribution is -0.0968. The fourth-order valence-corrected chi connectivity index (χ4v) is 3.13. The molecule has 2 rings (SSSR count). The summed E-state index contributed by atoms with van der Waals surface area (Å²) in [5, 5.41) is 4.69. The second-order valence-electron chi connectivity index (χ2n) is 7.69. The maximum atomic E-state index is 6.13. The number of nitrogens with two attached hydrogens (primary N) is 1. The van der Waals surface area contributed by atoms with E-state index in [2.05, 4.69) is 50.8 Å². The van der Waals surface area contributed by atoms with Crippen molar-refractivity contribution in [2.24, 2.45) is 12.8 Å². The van der Waals surface area contributed by atoms with Crippen LogP contribution in [-0.2, 0) is 17.2 Å². The molecular weight excluding hydrogens is 264 g/mol. The molecular formula is C16H30N4O. The van der Waals surface area contributed by atoms with Crippen LogP contribution >= 0.6 is 0 Å². The molecule has 1 atom stereocenters. The van der Waals surface area contributed by atoms with E-state index in [0.29, 0.717) is 6.54 Å². The van der Waals surface area contributed by atoms with Crippen molar-refractivity contribution in [1.82, 2.24) is 14.7 Å². The molecule has 21 heavy (non-hydrogen) atoms. The van der Waals surface area contributed by atoms with Gasteiger partial charge in [0, 0.05) is 43.9 Å². The molecule has 0 spiro atoms. The second-order valence-corrected chi connectivity index (χ2v) is 7.69. The number of hydrogen-bond acceptors (Lipinski definition) is 4. The van der Waals surface area contributed by atoms with E-state index in [1.165, 1.54) is 5.56 Å². The van der Waals surface area contributed by atoms with Gasteiger partial charge in [0.05, 0.1) is 23.9 Å². The van der Waals surface area contributed by atoms with Crippen molar-refractivity contribution in [3.05, 3.63) is 17.5 Å². The number of rotatable bonds is 3. The van der Waals surface area contributed by atoms with E-state index in [1.807, 2.05) is 11.7 Å². The Balaban J connectivity index is 2.34. The molecule has 2 N–H and O–H groups in total. The van der Waals surface area contributed by atoms with Crippen LogP contribution in [0.3, 0.4) is 0 Å². The predicted octanol–water partition coefficient (Wildman–Crippen LogP) is 1.83. The molecule has 5 heteroatoms. The third-order valence-electron chi connectivity index (χ3n) is 4.05. The molecule has 1 saturated heterocycles. The Morgan fingerprint density at radius 1 is 1.43 bits per heavy atom. The fourth-order valence-electron chi connectivity index (χ4n) is 3.13. The fraction of sp³-hybridized carbons (Fsp3) is 0.812. The van der Waals surface area contributed by atoms with Crippen LogP contribution in [0.4, 0.5) is 0 Å². The van der Waals surface area contributed by atoms with Crippen molar-refractivity contribution in [3.63, 3.8) is 0 Å². The van der Waals surface area contributed by atoms with Gasteiger partial charge in [0.15, 0.2) is 0 Å². The lowest BCUT2D eigenvalue weighted by atomic mass is 9.87. The Bertz CT molecular complexity index is 487. The predicted molar refractivity (Wildman–Crippen MR) is 85.3 cm³/mol. The summed E-state index contributed by atoms with van der Waals surface area (Å²) >= 11 is 0. The Kier molecular flexibility index (Phi) is 4.47. The molecule has 0 aliphatic carbocycles. The van der Waals surface area contributed by atoms with Gasteiger partial charge in [-0.25, -0.2) is 0 Å². The maximum Gasteiger partial charge on any atom is 0.0753 e. The van der Waals surface area contributed by atoms with Crippen molar-refractivity contribution in [1.29, 1.82) is 0 Å². The van der Waals surface area contributed by atoms with E-state index >= 15 is 0 Å². The lowest BCUT2D eigenvalue weighted by Gasteiger charge is -2.42. The van der Waals surface area contributed by atoms with E-state index < -0.39 is 0 Å². The van der Waals surface area contributed by atoms with Gasteiger partial charge in [-0.2, -0.15) is 5.10 Å². The first-order valence-electron chi connectivity index (χ1n) is 7.76. The molecule has 1 aromatic heterocycles. The van der Waals surface area contributed by atoms with Gasteiger partial charge < -0.3 is 10.5 Å². The average Bonchev–Trinajstić information content (AvgIpc) is 2.71. The minimum absolute atomic E-state index is 0.0197. The van der Waals surface area contributed by atoms with E-state index in [4.69, 9.17) is 10.5 Å². The summed E-state index contributed by atoms with van der Waals surface area (Å²) in [6.07, 6.45) is 2.13. The number of ether oxygens (including phenoxy) is 1. The van der Waals surface area contributed by atoms with Crippen LogP contribution in [0.5, 0.6) is 0 Å². The summed E-state index contributed by atoms with van der Waals surface area (Å²) in [5.74, 6) is 0. The Morgan fingerprint density at radius 2 is 2.10 bits per heavy atom. The molecule has 0 amide bonds. The van der Waals surface area contributed by atoms with Crippen molar-refractivity contribution < 1.29 is 4.74 Å². The monoisotopic (exact) mass is 294 g/mol. The van der Waals surface area contributed by atoms with Crippen molar-refractivity contribution in [3.8, 4) is 0 Å². The van der Waals surface area contributed by atoms with Gasteiger partial charge in [-0.05, 0) is 13.8 Å². The molecule has 120 valence electrons. The molecule has 0 aromatic carbocycles. The standard InChI is InChI=1S/C16H30N4O/c1-15(2,3)14-12(10-19(6)18-14)13(9-17)20-7-8-21-16(4,5)11-20/h10,13H,7-9,11,17H2,1-6H3. The zero-order chi connectivity index (χ0) is 15.8. The summed E-state index contributed by atoms with van der Waals surface area (Å²) < 4.78 is 7.73. The van der Waals surface area contributed by atoms with E-state index in [1.54, 1.807) is 0 Å². The normalized spacial score (nSPS) is 21.5. The summed E-state index contributed by atoms with van der Waals surface area (Å²) in [7, 11) is 1.98. The molecule has 1 aliphatic heterocycles. The summed E-state index contributed by atoms with van der Waals surface area (Å²) in [5.41, 5.74) is 8.43. The first kappa shape index (κ1) is 16.5. The molecule has 1 fully saturated rings. The van der Waals surface area contributed by atoms with Crippen LogP contribution in [0.1, 0.15) is 51.9 Å². The van der Waals surface area contributed by atoms with E-state index in [0.717, 1.165) is 25.4 Å². The topological polar surface area (TPSA) is 56.3 Å². The molecule has 1 aromatic rings. The molecule has 1 unspecified atom stereocenters. The van der Waals surface area contributed by atoms with Crippen LogP contribution in [-0.4, -0.2) is 46.5 Å². The zero-order valence-electron chi connectivity index (χ0n) is 14.3. The van der Waals surface area contributed by atoms with Crippen molar-refractivity contribution >= 4 is 0 Å². The Morgan fingerprint density at radius 3 is 2.62 bits per heavy atom. The van der Waals surface area contributed by atoms with Gasteiger partial charge >= 0.3 is 0 Å². The minimum Gasteiger partial charge on any atom is -0.373 e. The number of nitrogens with zero attached hydrogens (tertiary/aromatic N) is 3. The molecule has 0 bridgehead atoms. The molecule has 5 nitrogen and oxygen atoms in total. The highest BCUT2D eigenvalue weighted by Gasteiger charge is 2.34. The number of morpholine rings is 1. The van der Waals surface area contributed by atoms with Gasteiger partial charge in [-0.1, -0.05) is 20.8 Å². The summed E-state index contributed by atoms with van der Waals surface area (Å²) in [6.45, 7) is 14.1. The van der Waals surface area contributed by atoms with Crippen molar-refractivity contribution in [2.75, 3.05) is 26.2 Å². The first-order chi connectivity index (χ1) is 9.64. The number of hydrogen-bond donors (Lipinski definition) is 1. The van der Waals surface area contributed by atoms with Crippen LogP contribution in [0.25, 0.3) is 0 Å². The van der Waals surface area contributed by atoms with Crippen LogP contribution in [0, 0.1) is 0 Å². The lowest BCUT2D eigenvalue weighted by Crippen LogP contribution is -2.51. The van der Waals surface area contributed by atoms with Crippen molar-refractivity contribution in [2.45, 2.75) is 51.7 Å². The maximum absolute atomic E-state index is 6.13. The highest BCUT2D eigenvalue weighted by atomic mass is 16.5. The summed E-state index contributed by atoms with van der Waals surface area (Å²) in [6, 6.07) is 0.205. The largest absolute Gasteiger partial charge is 0.373 e. The van der Waals surface area contributed by atoms with Gasteiger partial charge in [-0.15, -0.1) is 0 Å². The highest BCUT2D eigenvalue weighted by molar-refractivity contribution is 5.28. The van der Waals surface area contributed by atoms with E-state index in [-0.39, 0.29) is 17.1 Å². The van der Waals surface area contributed by atoms with Gasteiger partial charge in [0.1, 0.15) is 0 Å². The third kappa shape index (κ3) is 3.65. The zero-order valence-corrected chi connectivity index (χ0v) is 14.3. The SMILES string of the molecule is Cn1cc(C(CN)N2CCOC(C)(C)C2)c(C(C)(C)C)n1. The highest BCUT2D eigenvalue weighted by Crippen LogP contribution is 2.32. The Labute approximate surface area is 128 Å². The van der Waals surface area contributed by atoms with Gasteiger partial charge in [-0.3, -0.25) is 9.58 Å². The van der Waals surface area contributed by atoms with Crippen LogP contribution in [0.15, 0.2) is 6.20 Å². The Hall–Kier alpha value is -0.910. The smallest absolute Gasteiger partial charge is 0.0753 e. The number of aromatic nitrogens is 2. The average molecular weight is 294 g/mol. The van der Waals surface area contributed by atoms with Crippen LogP contribution in [0.2, 0.25) is 0 Å². The third-order valence-corrected chi connectivity index (χ3v) is 4.05. The van der Waals surface area contributed by atoms with Crippen LogP contribution < -0.4 is 5.73 Å².